The van der Waals surface area contributed by atoms with Crippen LogP contribution in [0.15, 0.2) is 18.2 Å². The molecule has 0 unspecified atom stereocenters. The van der Waals surface area contributed by atoms with Crippen LogP contribution in [0.2, 0.25) is 0 Å². The zero-order chi connectivity index (χ0) is 9.14. The second-order valence-corrected chi connectivity index (χ2v) is 2.67. The minimum atomic E-state index is -0.619. The van der Waals surface area contributed by atoms with Crippen molar-refractivity contribution in [3.63, 3.8) is 0 Å². The fourth-order valence-electron chi connectivity index (χ4n) is 0.861. The van der Waals surface area contributed by atoms with Gasteiger partial charge in [-0.2, -0.15) is 0 Å². The van der Waals surface area contributed by atoms with E-state index in [1.54, 1.807) is 13.0 Å². The topological polar surface area (TPSA) is 26.3 Å². The molecule has 0 aliphatic carbocycles. The highest BCUT2D eigenvalue weighted by molar-refractivity contribution is 6.67. The second kappa shape index (κ2) is 3.54. The number of rotatable bonds is 2. The summed E-state index contributed by atoms with van der Waals surface area (Å²) in [7, 11) is 0. The van der Waals surface area contributed by atoms with E-state index in [1.807, 2.05) is 0 Å². The maximum Gasteiger partial charge on any atom is 0.252 e. The molecule has 0 aliphatic heterocycles. The second-order valence-electron chi connectivity index (χ2n) is 2.33. The van der Waals surface area contributed by atoms with Crippen molar-refractivity contribution >= 4 is 16.8 Å². The predicted octanol–water partition coefficient (Wildman–Crippen LogP) is 2.64. The van der Waals surface area contributed by atoms with E-state index in [0.29, 0.717) is 5.56 Å². The Morgan fingerprint density at radius 1 is 1.58 bits per heavy atom. The first kappa shape index (κ1) is 9.00. The average molecular weight is 189 g/mol. The van der Waals surface area contributed by atoms with Crippen LogP contribution in [0, 0.1) is 6.92 Å². The third kappa shape index (κ3) is 1.74. The Hall–Kier alpha value is -1.09. The molecule has 1 aromatic rings. The van der Waals surface area contributed by atoms with Crippen LogP contribution in [-0.2, 0) is 0 Å². The van der Waals surface area contributed by atoms with Crippen molar-refractivity contribution in [3.8, 4) is 5.75 Å². The Labute approximate surface area is 73.8 Å². The Balaban J connectivity index is 3.17. The van der Waals surface area contributed by atoms with Crippen LogP contribution in [0.3, 0.4) is 0 Å². The van der Waals surface area contributed by atoms with Crippen LogP contribution < -0.4 is 4.94 Å². The van der Waals surface area contributed by atoms with Gasteiger partial charge in [-0.1, -0.05) is 6.07 Å². The Morgan fingerprint density at radius 3 is 2.75 bits per heavy atom. The van der Waals surface area contributed by atoms with Gasteiger partial charge in [-0.15, -0.1) is 0 Å². The molecule has 0 radical (unpaired) electrons. The highest BCUT2D eigenvalue weighted by atomic mass is 35.5. The molecule has 0 saturated carbocycles. The van der Waals surface area contributed by atoms with E-state index >= 15 is 0 Å². The zero-order valence-electron chi connectivity index (χ0n) is 6.30. The van der Waals surface area contributed by atoms with E-state index in [1.165, 1.54) is 12.1 Å². The number of hydrogen-bond acceptors (Lipinski definition) is 2. The predicted molar refractivity (Wildman–Crippen MR) is 43.1 cm³/mol. The molecule has 0 saturated heterocycles. The van der Waals surface area contributed by atoms with Crippen molar-refractivity contribution < 1.29 is 14.3 Å². The third-order valence-corrected chi connectivity index (χ3v) is 1.71. The van der Waals surface area contributed by atoms with Crippen molar-refractivity contribution in [1.29, 1.82) is 0 Å². The number of benzene rings is 1. The third-order valence-electron chi connectivity index (χ3n) is 1.51. The van der Waals surface area contributed by atoms with Crippen LogP contribution in [0.5, 0.6) is 5.75 Å². The first-order chi connectivity index (χ1) is 5.65. The molecule has 0 spiro atoms. The van der Waals surface area contributed by atoms with Gasteiger partial charge in [0.2, 0.25) is 0 Å². The van der Waals surface area contributed by atoms with Gasteiger partial charge in [0.1, 0.15) is 0 Å². The highest BCUT2D eigenvalue weighted by Crippen LogP contribution is 2.18. The fraction of sp³-hybridized carbons (Fsp3) is 0.125. The lowest BCUT2D eigenvalue weighted by molar-refractivity contribution is -0.00626. The maximum atomic E-state index is 11.6. The normalized spacial score (nSPS) is 9.58. The van der Waals surface area contributed by atoms with E-state index in [4.69, 9.17) is 11.6 Å². The summed E-state index contributed by atoms with van der Waals surface area (Å²) in [5.74, 6) is -0.0235. The molecule has 64 valence electrons. The number of aryl methyl sites for hydroxylation is 1. The summed E-state index contributed by atoms with van der Waals surface area (Å²) in [6.07, 6.45) is 0. The van der Waals surface area contributed by atoms with Gasteiger partial charge in [0.25, 0.3) is 5.24 Å². The molecule has 1 rings (SSSR count). The Kier molecular flexibility index (Phi) is 2.65. The van der Waals surface area contributed by atoms with Crippen molar-refractivity contribution in [2.24, 2.45) is 0 Å². The molecule has 0 N–H and O–H groups in total. The molecule has 1 aromatic carbocycles. The van der Waals surface area contributed by atoms with Crippen LogP contribution in [-0.4, -0.2) is 5.24 Å². The van der Waals surface area contributed by atoms with Gasteiger partial charge < -0.3 is 0 Å². The van der Waals surface area contributed by atoms with Gasteiger partial charge in [0, 0.05) is 10.1 Å². The first-order valence-electron chi connectivity index (χ1n) is 3.24. The largest absolute Gasteiger partial charge is 0.294 e. The van der Waals surface area contributed by atoms with E-state index in [2.05, 4.69) is 4.94 Å². The van der Waals surface area contributed by atoms with E-state index < -0.39 is 5.24 Å². The minimum Gasteiger partial charge on any atom is -0.294 e. The summed E-state index contributed by atoms with van der Waals surface area (Å²) >= 11 is 5.22. The summed E-state index contributed by atoms with van der Waals surface area (Å²) in [4.78, 5) is 14.2. The molecule has 0 fully saturated rings. The molecule has 0 bridgehead atoms. The lowest BCUT2D eigenvalue weighted by Gasteiger charge is -2.00. The summed E-state index contributed by atoms with van der Waals surface area (Å²) < 4.78 is 11.6. The van der Waals surface area contributed by atoms with Crippen molar-refractivity contribution in [2.75, 3.05) is 0 Å². The van der Waals surface area contributed by atoms with Gasteiger partial charge in [0.15, 0.2) is 5.75 Å². The van der Waals surface area contributed by atoms with Gasteiger partial charge in [-0.3, -0.25) is 9.74 Å². The standard InChI is InChI=1S/C8H6ClFO2/c1-5-2-3-6(12-10)4-7(5)8(9)11/h2-4H,1H3. The van der Waals surface area contributed by atoms with E-state index in [0.717, 1.165) is 0 Å². The van der Waals surface area contributed by atoms with Crippen LogP contribution >= 0.6 is 11.6 Å². The molecular formula is C8H6ClFO2. The number of halogens is 2. The zero-order valence-corrected chi connectivity index (χ0v) is 7.06. The molecule has 0 amide bonds. The highest BCUT2D eigenvalue weighted by Gasteiger charge is 2.07. The van der Waals surface area contributed by atoms with E-state index in [9.17, 15) is 9.32 Å². The van der Waals surface area contributed by atoms with Crippen LogP contribution in [0.1, 0.15) is 15.9 Å². The maximum absolute atomic E-state index is 11.6. The molecule has 0 heterocycles. The smallest absolute Gasteiger partial charge is 0.252 e. The molecule has 12 heavy (non-hydrogen) atoms. The quantitative estimate of drug-likeness (QED) is 0.667. The summed E-state index contributed by atoms with van der Waals surface area (Å²) in [6.45, 7) is 1.71. The summed E-state index contributed by atoms with van der Waals surface area (Å²) in [5.41, 5.74) is 0.947. The Bertz CT molecular complexity index is 312. The van der Waals surface area contributed by atoms with Gasteiger partial charge in [0.05, 0.1) is 0 Å². The van der Waals surface area contributed by atoms with Crippen molar-refractivity contribution in [3.05, 3.63) is 29.3 Å². The lowest BCUT2D eigenvalue weighted by atomic mass is 10.1. The number of carbonyl (C=O) groups is 1. The lowest BCUT2D eigenvalue weighted by Crippen LogP contribution is -1.93. The molecule has 0 atom stereocenters. The molecule has 0 aliphatic rings. The minimum absolute atomic E-state index is 0.0235. The average Bonchev–Trinajstić information content (AvgIpc) is 2.05. The van der Waals surface area contributed by atoms with E-state index in [-0.39, 0.29) is 11.3 Å². The first-order valence-corrected chi connectivity index (χ1v) is 3.62. The molecule has 2 nitrogen and oxygen atoms in total. The fourth-order valence-corrected chi connectivity index (χ4v) is 1.06. The monoisotopic (exact) mass is 188 g/mol. The van der Waals surface area contributed by atoms with Crippen LogP contribution in [0.4, 0.5) is 4.53 Å². The molecule has 0 aromatic heterocycles. The van der Waals surface area contributed by atoms with Gasteiger partial charge >= 0.3 is 0 Å². The Morgan fingerprint density at radius 2 is 2.25 bits per heavy atom. The number of hydrogen-bond donors (Lipinski definition) is 0. The van der Waals surface area contributed by atoms with Gasteiger partial charge in [-0.25, -0.2) is 0 Å². The van der Waals surface area contributed by atoms with Gasteiger partial charge in [-0.05, 0) is 36.2 Å². The van der Waals surface area contributed by atoms with Crippen molar-refractivity contribution in [2.45, 2.75) is 6.92 Å². The van der Waals surface area contributed by atoms with Crippen LogP contribution in [0.25, 0.3) is 0 Å². The number of carbonyl (C=O) groups excluding carboxylic acids is 1. The summed E-state index contributed by atoms with van der Waals surface area (Å²) in [5, 5.41) is -0.619. The molecular weight excluding hydrogens is 183 g/mol. The molecule has 4 heteroatoms. The SMILES string of the molecule is Cc1ccc(OF)cc1C(=O)Cl. The summed E-state index contributed by atoms with van der Waals surface area (Å²) in [6, 6.07) is 4.23. The van der Waals surface area contributed by atoms with Crippen molar-refractivity contribution in [1.82, 2.24) is 0 Å².